The van der Waals surface area contributed by atoms with Crippen molar-refractivity contribution in [1.82, 2.24) is 19.5 Å². The van der Waals surface area contributed by atoms with Gasteiger partial charge in [0.25, 0.3) is 0 Å². The summed E-state index contributed by atoms with van der Waals surface area (Å²) in [6, 6.07) is 17.0. The number of fused-ring (bicyclic) bond motifs is 1. The fraction of sp³-hybridized carbons (Fsp3) is 0.217. The van der Waals surface area contributed by atoms with Crippen molar-refractivity contribution in [3.63, 3.8) is 0 Å². The van der Waals surface area contributed by atoms with Gasteiger partial charge in [-0.05, 0) is 55.6 Å². The lowest BCUT2D eigenvalue weighted by molar-refractivity contribution is 0.402. The molecule has 7 heteroatoms. The third-order valence-electron chi connectivity index (χ3n) is 4.92. The number of benzene rings is 2. The first kappa shape index (κ1) is 19.8. The van der Waals surface area contributed by atoms with Crippen LogP contribution in [-0.4, -0.2) is 40.7 Å². The summed E-state index contributed by atoms with van der Waals surface area (Å²) in [6.45, 7) is 1.31. The molecule has 154 valence electrons. The predicted octanol–water partition coefficient (Wildman–Crippen LogP) is 4.22. The van der Waals surface area contributed by atoms with Gasteiger partial charge in [-0.1, -0.05) is 24.3 Å². The van der Waals surface area contributed by atoms with Crippen LogP contribution in [0.4, 0.5) is 10.2 Å². The number of pyridine rings is 1. The van der Waals surface area contributed by atoms with E-state index >= 15 is 0 Å². The average molecular weight is 405 g/mol. The van der Waals surface area contributed by atoms with Gasteiger partial charge in [-0.25, -0.2) is 4.39 Å². The molecule has 0 unspecified atom stereocenters. The highest BCUT2D eigenvalue weighted by atomic mass is 19.1. The molecule has 0 amide bonds. The molecule has 0 aliphatic heterocycles. The van der Waals surface area contributed by atoms with Gasteiger partial charge in [0.2, 0.25) is 0 Å². The Kier molecular flexibility index (Phi) is 5.63. The monoisotopic (exact) mass is 405 g/mol. The normalized spacial score (nSPS) is 11.2. The number of rotatable bonds is 7. The van der Waals surface area contributed by atoms with Crippen molar-refractivity contribution >= 4 is 11.5 Å². The molecule has 0 radical (unpaired) electrons. The van der Waals surface area contributed by atoms with E-state index in [9.17, 15) is 4.39 Å². The standard InChI is InChI=1S/C23H24FN5O/c1-28(2)14-16-4-6-17(7-5-16)20-9-11-22(29-15-26-27-23(20)29)25-13-18-12-19(24)8-10-21(18)30-3/h4-12,15,25H,13-14H2,1-3H3. The molecule has 30 heavy (non-hydrogen) atoms. The van der Waals surface area contributed by atoms with Gasteiger partial charge >= 0.3 is 0 Å². The third kappa shape index (κ3) is 4.11. The number of methoxy groups -OCH3 is 1. The van der Waals surface area contributed by atoms with Crippen LogP contribution in [0.25, 0.3) is 16.8 Å². The maximum atomic E-state index is 13.6. The van der Waals surface area contributed by atoms with E-state index in [-0.39, 0.29) is 5.82 Å². The highest BCUT2D eigenvalue weighted by Crippen LogP contribution is 2.27. The number of anilines is 1. The SMILES string of the molecule is COc1ccc(F)cc1CNc1ccc(-c2ccc(CN(C)C)cc2)c2nncn12. The van der Waals surface area contributed by atoms with Crippen LogP contribution < -0.4 is 10.1 Å². The zero-order valence-electron chi connectivity index (χ0n) is 17.3. The number of nitrogens with one attached hydrogen (secondary N) is 1. The molecule has 4 aromatic rings. The predicted molar refractivity (Wildman–Crippen MR) is 116 cm³/mol. The molecule has 2 heterocycles. The first-order chi connectivity index (χ1) is 14.5. The number of ether oxygens (including phenoxy) is 1. The molecule has 2 aromatic heterocycles. The topological polar surface area (TPSA) is 54.7 Å². The fourth-order valence-corrected chi connectivity index (χ4v) is 3.51. The second kappa shape index (κ2) is 8.51. The number of nitrogens with zero attached hydrogens (tertiary/aromatic N) is 4. The molecule has 0 atom stereocenters. The Bertz CT molecular complexity index is 1150. The van der Waals surface area contributed by atoms with Crippen LogP contribution in [0, 0.1) is 5.82 Å². The Morgan fingerprint density at radius 2 is 1.87 bits per heavy atom. The van der Waals surface area contributed by atoms with Crippen molar-refractivity contribution < 1.29 is 9.13 Å². The maximum absolute atomic E-state index is 13.6. The first-order valence-electron chi connectivity index (χ1n) is 9.68. The van der Waals surface area contributed by atoms with Crippen LogP contribution in [0.1, 0.15) is 11.1 Å². The molecule has 2 aromatic carbocycles. The molecule has 0 fully saturated rings. The van der Waals surface area contributed by atoms with Gasteiger partial charge < -0.3 is 15.0 Å². The number of hydrogen-bond acceptors (Lipinski definition) is 5. The van der Waals surface area contributed by atoms with Gasteiger partial charge in [0.05, 0.1) is 7.11 Å². The molecule has 0 saturated heterocycles. The fourth-order valence-electron chi connectivity index (χ4n) is 3.51. The maximum Gasteiger partial charge on any atom is 0.170 e. The van der Waals surface area contributed by atoms with E-state index in [1.54, 1.807) is 19.5 Å². The molecule has 0 saturated carbocycles. The Hall–Kier alpha value is -3.45. The van der Waals surface area contributed by atoms with Gasteiger partial charge in [0.1, 0.15) is 23.7 Å². The molecular weight excluding hydrogens is 381 g/mol. The van der Waals surface area contributed by atoms with Crippen molar-refractivity contribution in [2.24, 2.45) is 0 Å². The zero-order chi connectivity index (χ0) is 21.1. The number of hydrogen-bond donors (Lipinski definition) is 1. The highest BCUT2D eigenvalue weighted by molar-refractivity contribution is 5.79. The Morgan fingerprint density at radius 1 is 1.07 bits per heavy atom. The van der Waals surface area contributed by atoms with Crippen LogP contribution >= 0.6 is 0 Å². The Balaban J connectivity index is 1.61. The molecule has 0 aliphatic rings. The van der Waals surface area contributed by atoms with Crippen LogP contribution in [0.2, 0.25) is 0 Å². The second-order valence-corrected chi connectivity index (χ2v) is 7.40. The van der Waals surface area contributed by atoms with E-state index in [0.717, 1.165) is 34.7 Å². The van der Waals surface area contributed by atoms with Gasteiger partial charge in [0, 0.05) is 24.2 Å². The van der Waals surface area contributed by atoms with Crippen molar-refractivity contribution in [1.29, 1.82) is 0 Å². The first-order valence-corrected chi connectivity index (χ1v) is 9.68. The molecule has 0 spiro atoms. The van der Waals surface area contributed by atoms with Gasteiger partial charge in [-0.2, -0.15) is 0 Å². The third-order valence-corrected chi connectivity index (χ3v) is 4.92. The van der Waals surface area contributed by atoms with E-state index in [1.807, 2.05) is 16.5 Å². The molecule has 0 bridgehead atoms. The van der Waals surface area contributed by atoms with Crippen molar-refractivity contribution in [2.45, 2.75) is 13.1 Å². The Morgan fingerprint density at radius 3 is 2.60 bits per heavy atom. The van der Waals surface area contributed by atoms with Crippen LogP contribution in [0.15, 0.2) is 60.9 Å². The molecule has 6 nitrogen and oxygen atoms in total. The summed E-state index contributed by atoms with van der Waals surface area (Å²) in [4.78, 5) is 2.14. The zero-order valence-corrected chi connectivity index (χ0v) is 17.3. The van der Waals surface area contributed by atoms with Crippen LogP contribution in [0.5, 0.6) is 5.75 Å². The minimum absolute atomic E-state index is 0.296. The quantitative estimate of drug-likeness (QED) is 0.499. The van der Waals surface area contributed by atoms with Crippen molar-refractivity contribution in [3.05, 3.63) is 77.9 Å². The lowest BCUT2D eigenvalue weighted by Crippen LogP contribution is -2.10. The molecule has 4 rings (SSSR count). The number of aromatic nitrogens is 3. The molecular formula is C23H24FN5O. The largest absolute Gasteiger partial charge is 0.496 e. The van der Waals surface area contributed by atoms with E-state index in [0.29, 0.717) is 12.3 Å². The minimum Gasteiger partial charge on any atom is -0.496 e. The summed E-state index contributed by atoms with van der Waals surface area (Å²) in [5.74, 6) is 1.16. The number of halogens is 1. The molecule has 0 aliphatic carbocycles. The summed E-state index contributed by atoms with van der Waals surface area (Å²) in [6.07, 6.45) is 1.67. The van der Waals surface area contributed by atoms with Crippen LogP contribution in [0.3, 0.4) is 0 Å². The van der Waals surface area contributed by atoms with E-state index in [2.05, 4.69) is 58.8 Å². The van der Waals surface area contributed by atoms with Gasteiger partial charge in [-0.15, -0.1) is 10.2 Å². The van der Waals surface area contributed by atoms with Crippen LogP contribution in [-0.2, 0) is 13.1 Å². The highest BCUT2D eigenvalue weighted by Gasteiger charge is 2.11. The minimum atomic E-state index is -0.296. The smallest absolute Gasteiger partial charge is 0.170 e. The Labute approximate surface area is 174 Å². The van der Waals surface area contributed by atoms with Gasteiger partial charge in [-0.3, -0.25) is 4.40 Å². The summed E-state index contributed by atoms with van der Waals surface area (Å²) >= 11 is 0. The lowest BCUT2D eigenvalue weighted by atomic mass is 10.0. The van der Waals surface area contributed by atoms with Crippen molar-refractivity contribution in [2.75, 3.05) is 26.5 Å². The summed E-state index contributed by atoms with van der Waals surface area (Å²) in [5.41, 5.74) is 4.82. The summed E-state index contributed by atoms with van der Waals surface area (Å²) in [5, 5.41) is 11.7. The van der Waals surface area contributed by atoms with Gasteiger partial charge in [0.15, 0.2) is 5.65 Å². The summed E-state index contributed by atoms with van der Waals surface area (Å²) in [7, 11) is 5.69. The van der Waals surface area contributed by atoms with E-state index in [4.69, 9.17) is 4.74 Å². The lowest BCUT2D eigenvalue weighted by Gasteiger charge is -2.14. The molecule has 1 N–H and O–H groups in total. The van der Waals surface area contributed by atoms with E-state index < -0.39 is 0 Å². The second-order valence-electron chi connectivity index (χ2n) is 7.40. The van der Waals surface area contributed by atoms with E-state index in [1.165, 1.54) is 17.7 Å². The average Bonchev–Trinajstić information content (AvgIpc) is 3.22. The summed E-state index contributed by atoms with van der Waals surface area (Å²) < 4.78 is 20.9. The van der Waals surface area contributed by atoms with Crippen molar-refractivity contribution in [3.8, 4) is 16.9 Å².